The lowest BCUT2D eigenvalue weighted by molar-refractivity contribution is 0.121. The van der Waals surface area contributed by atoms with Gasteiger partial charge in [-0.25, -0.2) is 4.98 Å². The zero-order valence-corrected chi connectivity index (χ0v) is 15.8. The molecule has 1 unspecified atom stereocenters. The number of phenols is 1. The second-order valence-electron chi connectivity index (χ2n) is 4.94. The first-order valence-electron chi connectivity index (χ1n) is 7.03. The van der Waals surface area contributed by atoms with Gasteiger partial charge < -0.3 is 19.7 Å². The van der Waals surface area contributed by atoms with E-state index in [0.29, 0.717) is 12.6 Å². The van der Waals surface area contributed by atoms with Crippen LogP contribution in [0.2, 0.25) is 0 Å². The van der Waals surface area contributed by atoms with Crippen molar-refractivity contribution in [2.45, 2.75) is 6.10 Å². The highest BCUT2D eigenvalue weighted by atomic mass is 127. The molecular weight excluding hydrogens is 427 g/mol. The van der Waals surface area contributed by atoms with E-state index in [1.807, 2.05) is 29.6 Å². The second-order valence-corrected chi connectivity index (χ2v) is 6.09. The predicted molar refractivity (Wildman–Crippen MR) is 105 cm³/mol. The first kappa shape index (κ1) is 18.1. The molecule has 1 aromatic carbocycles. The molecular formula is C15H19IN4O2S. The third-order valence-electron chi connectivity index (χ3n) is 3.28. The number of nitrogens with one attached hydrogen (secondary N) is 1. The SMILES string of the molecule is Cn1ccnc1N=C(Nc1ccc(O)cc1)C1CSCCO1.I. The van der Waals surface area contributed by atoms with Crippen LogP contribution in [0.25, 0.3) is 0 Å². The zero-order valence-electron chi connectivity index (χ0n) is 12.7. The molecule has 0 aliphatic carbocycles. The average molecular weight is 446 g/mol. The topological polar surface area (TPSA) is 71.7 Å². The van der Waals surface area contributed by atoms with Crippen molar-refractivity contribution in [1.29, 1.82) is 0 Å². The molecule has 6 nitrogen and oxygen atoms in total. The number of imidazole rings is 1. The molecule has 0 bridgehead atoms. The van der Waals surface area contributed by atoms with Gasteiger partial charge in [0, 0.05) is 36.6 Å². The number of benzene rings is 1. The number of anilines is 1. The van der Waals surface area contributed by atoms with Gasteiger partial charge in [-0.1, -0.05) is 0 Å². The molecule has 1 atom stereocenters. The third kappa shape index (κ3) is 4.85. The molecule has 0 saturated carbocycles. The van der Waals surface area contributed by atoms with Crippen molar-refractivity contribution < 1.29 is 9.84 Å². The van der Waals surface area contributed by atoms with Gasteiger partial charge >= 0.3 is 0 Å². The van der Waals surface area contributed by atoms with Crippen LogP contribution in [0.4, 0.5) is 11.6 Å². The maximum atomic E-state index is 9.38. The molecule has 8 heteroatoms. The summed E-state index contributed by atoms with van der Waals surface area (Å²) < 4.78 is 7.68. The Bertz CT molecular complexity index is 654. The number of hydrogen-bond donors (Lipinski definition) is 2. The van der Waals surface area contributed by atoms with Crippen molar-refractivity contribution in [2.75, 3.05) is 23.4 Å². The Balaban J connectivity index is 0.00000192. The minimum Gasteiger partial charge on any atom is -0.508 e. The molecule has 1 aromatic heterocycles. The Hall–Kier alpha value is -1.26. The molecule has 1 fully saturated rings. The van der Waals surface area contributed by atoms with Crippen molar-refractivity contribution in [3.05, 3.63) is 36.7 Å². The van der Waals surface area contributed by atoms with Gasteiger partial charge in [-0.05, 0) is 24.3 Å². The van der Waals surface area contributed by atoms with Gasteiger partial charge in [0.15, 0.2) is 0 Å². The van der Waals surface area contributed by atoms with E-state index in [1.165, 1.54) is 0 Å². The summed E-state index contributed by atoms with van der Waals surface area (Å²) in [6.45, 7) is 0.714. The van der Waals surface area contributed by atoms with Crippen LogP contribution in [0.5, 0.6) is 5.75 Å². The number of aromatic hydroxyl groups is 1. The van der Waals surface area contributed by atoms with Gasteiger partial charge in [0.2, 0.25) is 5.95 Å². The van der Waals surface area contributed by atoms with E-state index in [1.54, 1.807) is 30.5 Å². The maximum absolute atomic E-state index is 9.38. The monoisotopic (exact) mass is 446 g/mol. The number of rotatable bonds is 3. The first-order valence-corrected chi connectivity index (χ1v) is 8.19. The summed E-state index contributed by atoms with van der Waals surface area (Å²) in [6, 6.07) is 6.88. The van der Waals surface area contributed by atoms with Gasteiger partial charge in [-0.2, -0.15) is 16.8 Å². The summed E-state index contributed by atoms with van der Waals surface area (Å²) >= 11 is 1.85. The Morgan fingerprint density at radius 1 is 1.43 bits per heavy atom. The van der Waals surface area contributed by atoms with Crippen LogP contribution in [-0.4, -0.2) is 44.7 Å². The second kappa shape index (κ2) is 8.55. The van der Waals surface area contributed by atoms with E-state index in [9.17, 15) is 5.11 Å². The number of aromatic nitrogens is 2. The van der Waals surface area contributed by atoms with Gasteiger partial charge in [0.05, 0.1) is 6.61 Å². The number of aryl methyl sites for hydroxylation is 1. The average Bonchev–Trinajstić information content (AvgIpc) is 2.95. The van der Waals surface area contributed by atoms with Crippen molar-refractivity contribution in [3.8, 4) is 5.75 Å². The molecule has 23 heavy (non-hydrogen) atoms. The number of thioether (sulfide) groups is 1. The number of halogens is 1. The first-order chi connectivity index (χ1) is 10.7. The van der Waals surface area contributed by atoms with E-state index in [4.69, 9.17) is 4.74 Å². The van der Waals surface area contributed by atoms with Crippen molar-refractivity contribution in [3.63, 3.8) is 0 Å². The molecule has 3 rings (SSSR count). The molecule has 0 radical (unpaired) electrons. The Morgan fingerprint density at radius 2 is 2.22 bits per heavy atom. The van der Waals surface area contributed by atoms with E-state index >= 15 is 0 Å². The van der Waals surface area contributed by atoms with E-state index in [2.05, 4.69) is 15.3 Å². The smallest absolute Gasteiger partial charge is 0.230 e. The molecule has 124 valence electrons. The molecule has 2 N–H and O–H groups in total. The lowest BCUT2D eigenvalue weighted by Gasteiger charge is -2.24. The fourth-order valence-electron chi connectivity index (χ4n) is 2.09. The predicted octanol–water partition coefficient (Wildman–Crippen LogP) is 3.02. The third-order valence-corrected chi connectivity index (χ3v) is 4.27. The summed E-state index contributed by atoms with van der Waals surface area (Å²) in [6.07, 6.45) is 3.48. The van der Waals surface area contributed by atoms with Gasteiger partial charge in [-0.15, -0.1) is 24.0 Å². The largest absolute Gasteiger partial charge is 0.508 e. The highest BCUT2D eigenvalue weighted by Crippen LogP contribution is 2.20. The van der Waals surface area contributed by atoms with Crippen molar-refractivity contribution in [2.24, 2.45) is 12.0 Å². The number of hydrogen-bond acceptors (Lipinski definition) is 5. The summed E-state index contributed by atoms with van der Waals surface area (Å²) in [4.78, 5) is 8.86. The standard InChI is InChI=1S/C15H18N4O2S.HI/c1-19-7-6-16-15(19)18-14(13-10-22-9-8-21-13)17-11-2-4-12(20)5-3-11;/h2-7,13,20H,8-10H2,1H3,(H,16,17,18);1H. The fraction of sp³-hybridized carbons (Fsp3) is 0.333. The lowest BCUT2D eigenvalue weighted by atomic mass is 10.2. The van der Waals surface area contributed by atoms with Crippen molar-refractivity contribution >= 4 is 53.2 Å². The van der Waals surface area contributed by atoms with Crippen LogP contribution >= 0.6 is 35.7 Å². The Kier molecular flexibility index (Phi) is 6.72. The molecule has 0 amide bonds. The van der Waals surface area contributed by atoms with Crippen LogP contribution in [0.1, 0.15) is 0 Å². The number of amidine groups is 1. The van der Waals surface area contributed by atoms with Gasteiger partial charge in [0.1, 0.15) is 17.7 Å². The van der Waals surface area contributed by atoms with Gasteiger partial charge in [0.25, 0.3) is 0 Å². The van der Waals surface area contributed by atoms with Crippen LogP contribution in [0, 0.1) is 0 Å². The molecule has 1 aliphatic heterocycles. The number of ether oxygens (including phenoxy) is 1. The highest BCUT2D eigenvalue weighted by Gasteiger charge is 2.21. The van der Waals surface area contributed by atoms with Gasteiger partial charge in [-0.3, -0.25) is 0 Å². The van der Waals surface area contributed by atoms with Crippen molar-refractivity contribution in [1.82, 2.24) is 9.55 Å². The zero-order chi connectivity index (χ0) is 15.4. The molecule has 1 aliphatic rings. The summed E-state index contributed by atoms with van der Waals surface area (Å²) in [7, 11) is 1.90. The van der Waals surface area contributed by atoms with E-state index in [-0.39, 0.29) is 35.8 Å². The highest BCUT2D eigenvalue weighted by molar-refractivity contribution is 14.0. The summed E-state index contributed by atoms with van der Waals surface area (Å²) in [5.74, 6) is 3.45. The van der Waals surface area contributed by atoms with E-state index < -0.39 is 0 Å². The normalized spacial score (nSPS) is 18.3. The Labute approximate surface area is 156 Å². The molecule has 2 aromatic rings. The number of phenolic OH excluding ortho intramolecular Hbond substituents is 1. The fourth-order valence-corrected chi connectivity index (χ4v) is 2.94. The summed E-state index contributed by atoms with van der Waals surface area (Å²) in [5.41, 5.74) is 0.852. The number of aliphatic imine (C=N–C) groups is 1. The van der Waals surface area contributed by atoms with Crippen LogP contribution in [-0.2, 0) is 11.8 Å². The molecule has 1 saturated heterocycles. The van der Waals surface area contributed by atoms with Crippen LogP contribution in [0.3, 0.4) is 0 Å². The van der Waals surface area contributed by atoms with Crippen LogP contribution < -0.4 is 5.32 Å². The summed E-state index contributed by atoms with van der Waals surface area (Å²) in [5, 5.41) is 12.7. The van der Waals surface area contributed by atoms with E-state index in [0.717, 1.165) is 23.0 Å². The quantitative estimate of drug-likeness (QED) is 0.328. The minimum absolute atomic E-state index is 0. The number of nitrogens with zero attached hydrogens (tertiary/aromatic N) is 3. The molecule has 0 spiro atoms. The van der Waals surface area contributed by atoms with Crippen LogP contribution in [0.15, 0.2) is 41.7 Å². The Morgan fingerprint density at radius 3 is 2.83 bits per heavy atom. The maximum Gasteiger partial charge on any atom is 0.230 e. The minimum atomic E-state index is -0.0933. The molecule has 2 heterocycles. The lowest BCUT2D eigenvalue weighted by Crippen LogP contribution is -2.36.